The van der Waals surface area contributed by atoms with Crippen LogP contribution in [0.5, 0.6) is 0 Å². The van der Waals surface area contributed by atoms with Crippen LogP contribution in [0.1, 0.15) is 94.7 Å². The zero-order valence-corrected chi connectivity index (χ0v) is 15.9. The summed E-state index contributed by atoms with van der Waals surface area (Å²) < 4.78 is 0. The molecule has 0 bridgehead atoms. The maximum absolute atomic E-state index is 6.20. The summed E-state index contributed by atoms with van der Waals surface area (Å²) in [5.41, 5.74) is 4.33. The predicted molar refractivity (Wildman–Crippen MR) is 106 cm³/mol. The molecule has 0 radical (unpaired) electrons. The highest BCUT2D eigenvalue weighted by Crippen LogP contribution is 2.39. The van der Waals surface area contributed by atoms with Crippen LogP contribution in [0, 0.1) is 0 Å². The van der Waals surface area contributed by atoms with Crippen molar-refractivity contribution in [3.8, 4) is 0 Å². The fourth-order valence-electron chi connectivity index (χ4n) is 4.34. The average Bonchev–Trinajstić information content (AvgIpc) is 2.96. The van der Waals surface area contributed by atoms with Gasteiger partial charge in [-0.3, -0.25) is 0 Å². The van der Waals surface area contributed by atoms with Gasteiger partial charge in [-0.25, -0.2) is 0 Å². The van der Waals surface area contributed by atoms with Crippen molar-refractivity contribution in [2.45, 2.75) is 89.9 Å². The number of hydrogen-bond acceptors (Lipinski definition) is 0. The Morgan fingerprint density at radius 1 is 1.04 bits per heavy atom. The molecule has 1 aromatic carbocycles. The number of nitrogens with one attached hydrogen (secondary N) is 1. The monoisotopic (exact) mass is 345 g/mol. The zero-order chi connectivity index (χ0) is 16.8. The molecule has 0 spiro atoms. The smallest absolute Gasteiger partial charge is 0.0460 e. The maximum atomic E-state index is 6.20. The topological polar surface area (TPSA) is 15.8 Å². The van der Waals surface area contributed by atoms with Crippen molar-refractivity contribution in [1.82, 2.24) is 4.98 Å². The molecule has 0 amide bonds. The number of hydrogen-bond donors (Lipinski definition) is 1. The molecule has 2 aromatic rings. The standard InChI is InChI=1S/C22H32ClN/c1-2-3-4-5-6-7-8-9-11-17-12-10-13-19-20-16-18(23)14-15-21(20)24-22(17)19/h14-17,24H,2-13H2,1H3. The number of aromatic nitrogens is 1. The lowest BCUT2D eigenvalue weighted by atomic mass is 9.83. The van der Waals surface area contributed by atoms with Gasteiger partial charge in [0, 0.05) is 21.6 Å². The Bertz CT molecular complexity index is 643. The molecule has 24 heavy (non-hydrogen) atoms. The molecule has 1 unspecified atom stereocenters. The Labute approximate surface area is 152 Å². The lowest BCUT2D eigenvalue weighted by molar-refractivity contribution is 0.476. The lowest BCUT2D eigenvalue weighted by Gasteiger charge is -2.22. The Kier molecular flexibility index (Phi) is 6.66. The van der Waals surface area contributed by atoms with E-state index in [-0.39, 0.29) is 0 Å². The van der Waals surface area contributed by atoms with E-state index in [9.17, 15) is 0 Å². The van der Waals surface area contributed by atoms with Gasteiger partial charge in [-0.2, -0.15) is 0 Å². The lowest BCUT2D eigenvalue weighted by Crippen LogP contribution is -2.09. The molecule has 132 valence electrons. The third kappa shape index (κ3) is 4.36. The molecule has 1 N–H and O–H groups in total. The van der Waals surface area contributed by atoms with Crippen molar-refractivity contribution >= 4 is 22.5 Å². The minimum Gasteiger partial charge on any atom is -0.358 e. The van der Waals surface area contributed by atoms with Gasteiger partial charge in [-0.1, -0.05) is 69.9 Å². The fraction of sp³-hybridized carbons (Fsp3) is 0.636. The van der Waals surface area contributed by atoms with Gasteiger partial charge >= 0.3 is 0 Å². The molecule has 1 aliphatic rings. The van der Waals surface area contributed by atoms with Crippen molar-refractivity contribution < 1.29 is 0 Å². The number of aromatic amines is 1. The largest absolute Gasteiger partial charge is 0.358 e. The second-order valence-electron chi connectivity index (χ2n) is 7.56. The fourth-order valence-corrected chi connectivity index (χ4v) is 4.51. The quantitative estimate of drug-likeness (QED) is 0.446. The molecular formula is C22H32ClN. The number of aryl methyl sites for hydroxylation is 1. The summed E-state index contributed by atoms with van der Waals surface area (Å²) in [4.78, 5) is 3.71. The van der Waals surface area contributed by atoms with E-state index in [0.29, 0.717) is 0 Å². The summed E-state index contributed by atoms with van der Waals surface area (Å²) in [6, 6.07) is 6.29. The zero-order valence-electron chi connectivity index (χ0n) is 15.2. The van der Waals surface area contributed by atoms with Gasteiger partial charge in [0.1, 0.15) is 0 Å². The third-order valence-corrected chi connectivity index (χ3v) is 5.93. The van der Waals surface area contributed by atoms with Crippen LogP contribution in [0.4, 0.5) is 0 Å². The Morgan fingerprint density at radius 3 is 2.58 bits per heavy atom. The van der Waals surface area contributed by atoms with Crippen molar-refractivity contribution in [2.24, 2.45) is 0 Å². The number of benzene rings is 1. The molecule has 1 nitrogen and oxygen atoms in total. The molecule has 2 heteroatoms. The summed E-state index contributed by atoms with van der Waals surface area (Å²) in [5.74, 6) is 0.736. The molecule has 0 saturated heterocycles. The van der Waals surface area contributed by atoms with Crippen LogP contribution in [0.25, 0.3) is 10.9 Å². The normalized spacial score (nSPS) is 17.3. The first-order chi connectivity index (χ1) is 11.8. The van der Waals surface area contributed by atoms with E-state index in [0.717, 1.165) is 10.9 Å². The van der Waals surface area contributed by atoms with Crippen LogP contribution < -0.4 is 0 Å². The molecule has 1 aromatic heterocycles. The molecule has 0 aliphatic heterocycles. The minimum absolute atomic E-state index is 0.736. The van der Waals surface area contributed by atoms with E-state index in [2.05, 4.69) is 24.0 Å². The Morgan fingerprint density at radius 2 is 1.79 bits per heavy atom. The first-order valence-electron chi connectivity index (χ1n) is 10.1. The van der Waals surface area contributed by atoms with Gasteiger partial charge in [0.25, 0.3) is 0 Å². The van der Waals surface area contributed by atoms with Crippen LogP contribution in [0.2, 0.25) is 5.02 Å². The van der Waals surface area contributed by atoms with Crippen LogP contribution in [0.15, 0.2) is 18.2 Å². The minimum atomic E-state index is 0.736. The first kappa shape index (κ1) is 17.9. The average molecular weight is 346 g/mol. The number of rotatable bonds is 9. The predicted octanol–water partition coefficient (Wildman–Crippen LogP) is 7.77. The summed E-state index contributed by atoms with van der Waals surface area (Å²) in [6.45, 7) is 2.29. The van der Waals surface area contributed by atoms with E-state index in [1.165, 1.54) is 93.6 Å². The number of unbranched alkanes of at least 4 members (excludes halogenated alkanes) is 7. The van der Waals surface area contributed by atoms with Gasteiger partial charge in [0.15, 0.2) is 0 Å². The Hall–Kier alpha value is -0.950. The van der Waals surface area contributed by atoms with Crippen molar-refractivity contribution in [3.63, 3.8) is 0 Å². The molecule has 1 atom stereocenters. The SMILES string of the molecule is CCCCCCCCCCC1CCCc2c1[nH]c1ccc(Cl)cc21. The second kappa shape index (κ2) is 8.94. The highest BCUT2D eigenvalue weighted by Gasteiger charge is 2.23. The summed E-state index contributed by atoms with van der Waals surface area (Å²) in [5, 5.41) is 2.22. The number of fused-ring (bicyclic) bond motifs is 3. The van der Waals surface area contributed by atoms with Crippen LogP contribution >= 0.6 is 11.6 Å². The van der Waals surface area contributed by atoms with Gasteiger partial charge in [-0.15, -0.1) is 0 Å². The van der Waals surface area contributed by atoms with Gasteiger partial charge in [0.2, 0.25) is 0 Å². The van der Waals surface area contributed by atoms with Crippen LogP contribution in [0.3, 0.4) is 0 Å². The van der Waals surface area contributed by atoms with E-state index in [1.54, 1.807) is 5.56 Å². The number of H-pyrrole nitrogens is 1. The third-order valence-electron chi connectivity index (χ3n) is 5.69. The summed E-state index contributed by atoms with van der Waals surface area (Å²) in [6.07, 6.45) is 16.5. The summed E-state index contributed by atoms with van der Waals surface area (Å²) >= 11 is 6.20. The highest BCUT2D eigenvalue weighted by molar-refractivity contribution is 6.31. The van der Waals surface area contributed by atoms with Gasteiger partial charge in [-0.05, 0) is 55.4 Å². The molecule has 0 saturated carbocycles. The molecule has 3 rings (SSSR count). The first-order valence-corrected chi connectivity index (χ1v) is 10.5. The van der Waals surface area contributed by atoms with E-state index in [4.69, 9.17) is 11.6 Å². The van der Waals surface area contributed by atoms with Crippen LogP contribution in [-0.4, -0.2) is 4.98 Å². The maximum Gasteiger partial charge on any atom is 0.0460 e. The van der Waals surface area contributed by atoms with Gasteiger partial charge < -0.3 is 4.98 Å². The van der Waals surface area contributed by atoms with Crippen molar-refractivity contribution in [2.75, 3.05) is 0 Å². The highest BCUT2D eigenvalue weighted by atomic mass is 35.5. The van der Waals surface area contributed by atoms with Crippen LogP contribution in [-0.2, 0) is 6.42 Å². The Balaban J connectivity index is 1.51. The molecule has 1 heterocycles. The van der Waals surface area contributed by atoms with Gasteiger partial charge in [0.05, 0.1) is 0 Å². The molecule has 0 fully saturated rings. The van der Waals surface area contributed by atoms with Crippen molar-refractivity contribution in [3.05, 3.63) is 34.5 Å². The van der Waals surface area contributed by atoms with E-state index in [1.807, 2.05) is 6.07 Å². The second-order valence-corrected chi connectivity index (χ2v) is 8.00. The number of halogens is 1. The van der Waals surface area contributed by atoms with E-state index < -0.39 is 0 Å². The summed E-state index contributed by atoms with van der Waals surface area (Å²) in [7, 11) is 0. The molecule has 1 aliphatic carbocycles. The van der Waals surface area contributed by atoms with E-state index >= 15 is 0 Å². The van der Waals surface area contributed by atoms with Crippen molar-refractivity contribution in [1.29, 1.82) is 0 Å². The molecular weight excluding hydrogens is 314 g/mol.